The minimum absolute atomic E-state index is 0.0883. The van der Waals surface area contributed by atoms with E-state index in [1.165, 1.54) is 30.4 Å². The van der Waals surface area contributed by atoms with Crippen LogP contribution >= 0.6 is 0 Å². The van der Waals surface area contributed by atoms with Crippen LogP contribution in [0.3, 0.4) is 0 Å². The predicted molar refractivity (Wildman–Crippen MR) is 106 cm³/mol. The molecule has 4 rings (SSSR count). The van der Waals surface area contributed by atoms with Crippen LogP contribution in [0.25, 0.3) is 0 Å². The van der Waals surface area contributed by atoms with E-state index in [1.807, 2.05) is 19.1 Å². The lowest BCUT2D eigenvalue weighted by molar-refractivity contribution is -0.137. The molecule has 0 bridgehead atoms. The number of aliphatic hydroxyl groups is 1. The van der Waals surface area contributed by atoms with Crippen LogP contribution in [0.1, 0.15) is 82.3 Å². The van der Waals surface area contributed by atoms with Crippen molar-refractivity contribution in [3.63, 3.8) is 0 Å². The van der Waals surface area contributed by atoms with Crippen molar-refractivity contribution in [2.24, 2.45) is 17.3 Å². The van der Waals surface area contributed by atoms with Gasteiger partial charge in [-0.05, 0) is 91.4 Å². The highest BCUT2D eigenvalue weighted by Gasteiger charge is 2.54. The molecular formula is C23H34O4. The Kier molecular flexibility index (Phi) is 6.15. The van der Waals surface area contributed by atoms with Gasteiger partial charge in [-0.1, -0.05) is 26.3 Å². The van der Waals surface area contributed by atoms with Crippen molar-refractivity contribution in [1.82, 2.24) is 0 Å². The zero-order chi connectivity index (χ0) is 19.6. The number of hydrogen-bond donors (Lipinski definition) is 3. The van der Waals surface area contributed by atoms with Gasteiger partial charge in [0.15, 0.2) is 0 Å². The van der Waals surface area contributed by atoms with Crippen LogP contribution in [0, 0.1) is 17.3 Å². The molecule has 150 valence electrons. The third-order valence-electron chi connectivity index (χ3n) is 7.40. The van der Waals surface area contributed by atoms with Crippen LogP contribution in [0.15, 0.2) is 18.2 Å². The Bertz CT molecular complexity index is 670. The van der Waals surface area contributed by atoms with Gasteiger partial charge in [-0.25, -0.2) is 0 Å². The minimum Gasteiger partial charge on any atom is -0.508 e. The van der Waals surface area contributed by atoms with Crippen molar-refractivity contribution >= 4 is 5.97 Å². The molecule has 27 heavy (non-hydrogen) atoms. The molecule has 1 aromatic rings. The molecule has 3 aliphatic carbocycles. The second kappa shape index (κ2) is 8.22. The maximum absolute atomic E-state index is 10.4. The molecule has 4 nitrogen and oxygen atoms in total. The van der Waals surface area contributed by atoms with E-state index in [2.05, 4.69) is 13.0 Å². The van der Waals surface area contributed by atoms with Crippen molar-refractivity contribution in [3.8, 4) is 5.75 Å². The number of aryl methyl sites for hydroxylation is 1. The summed E-state index contributed by atoms with van der Waals surface area (Å²) in [6.45, 7) is 4.29. The number of aliphatic carboxylic acids is 1. The van der Waals surface area contributed by atoms with Gasteiger partial charge >= 0.3 is 5.97 Å². The number of carbonyl (C=O) groups is 1. The number of hydrogen-bond acceptors (Lipinski definition) is 3. The van der Waals surface area contributed by atoms with E-state index in [-0.39, 0.29) is 11.5 Å². The summed E-state index contributed by atoms with van der Waals surface area (Å²) in [6.07, 6.45) is 8.86. The zero-order valence-electron chi connectivity index (χ0n) is 16.7. The van der Waals surface area contributed by atoms with Gasteiger partial charge in [-0.2, -0.15) is 0 Å². The molecule has 0 amide bonds. The van der Waals surface area contributed by atoms with Gasteiger partial charge < -0.3 is 15.3 Å². The Balaban J connectivity index is 0.000000260. The number of phenolic OH excluding ortho intramolecular Hbond substituents is 1. The summed E-state index contributed by atoms with van der Waals surface area (Å²) in [5.74, 6) is 1.80. The Morgan fingerprint density at radius 2 is 2.00 bits per heavy atom. The van der Waals surface area contributed by atoms with Crippen molar-refractivity contribution in [2.75, 3.05) is 0 Å². The van der Waals surface area contributed by atoms with Gasteiger partial charge in [0.2, 0.25) is 0 Å². The van der Waals surface area contributed by atoms with Gasteiger partial charge in [0, 0.05) is 6.42 Å². The first kappa shape index (κ1) is 20.2. The van der Waals surface area contributed by atoms with E-state index >= 15 is 0 Å². The van der Waals surface area contributed by atoms with Crippen LogP contribution in [0.2, 0.25) is 0 Å². The standard InChI is InChI=1S/C18H24O2.C5H10O2/c1-18-9-8-14-13-5-3-12(19)10-11(13)2-4-15(14)16(18)6-7-17(18)20;1-2-3-4-5(6)7/h3,5,10,14-17,19-20H,2,4,6-9H2,1H3;2-4H2,1H3,(H,6,7)/t14-,15-,16+,17?,18+;/m1./s1. The molecule has 4 heteroatoms. The fourth-order valence-electron chi connectivity index (χ4n) is 5.87. The monoisotopic (exact) mass is 374 g/mol. The number of carboxylic acid groups (broad SMARTS) is 1. The molecule has 2 fully saturated rings. The second-order valence-corrected chi connectivity index (χ2v) is 8.93. The number of benzene rings is 1. The third kappa shape index (κ3) is 4.01. The normalized spacial score (nSPS) is 33.9. The van der Waals surface area contributed by atoms with Crippen molar-refractivity contribution in [1.29, 1.82) is 0 Å². The molecule has 3 N–H and O–H groups in total. The van der Waals surface area contributed by atoms with E-state index in [0.29, 0.717) is 24.0 Å². The lowest BCUT2D eigenvalue weighted by Crippen LogP contribution is -2.43. The molecule has 0 aromatic heterocycles. The molecule has 0 spiro atoms. The molecule has 1 aromatic carbocycles. The number of aliphatic hydroxyl groups excluding tert-OH is 1. The largest absolute Gasteiger partial charge is 0.508 e. The number of unbranched alkanes of at least 4 members (excludes halogenated alkanes) is 1. The highest BCUT2D eigenvalue weighted by Crippen LogP contribution is 2.60. The Morgan fingerprint density at radius 1 is 1.22 bits per heavy atom. The first-order valence-corrected chi connectivity index (χ1v) is 10.6. The number of phenols is 1. The van der Waals surface area contributed by atoms with Crippen molar-refractivity contribution < 1.29 is 20.1 Å². The molecule has 0 saturated heterocycles. The second-order valence-electron chi connectivity index (χ2n) is 8.93. The average Bonchev–Trinajstić information content (AvgIpc) is 2.95. The van der Waals surface area contributed by atoms with E-state index in [9.17, 15) is 15.0 Å². The van der Waals surface area contributed by atoms with E-state index < -0.39 is 5.97 Å². The first-order valence-electron chi connectivity index (χ1n) is 10.6. The number of carboxylic acids is 1. The number of rotatable bonds is 3. The van der Waals surface area contributed by atoms with Crippen LogP contribution in [-0.4, -0.2) is 27.4 Å². The molecule has 1 unspecified atom stereocenters. The quantitative estimate of drug-likeness (QED) is 0.705. The predicted octanol–water partition coefficient (Wildman–Crippen LogP) is 4.87. The topological polar surface area (TPSA) is 77.8 Å². The molecule has 3 aliphatic rings. The van der Waals surface area contributed by atoms with Crippen LogP contribution in [0.5, 0.6) is 5.75 Å². The maximum atomic E-state index is 10.4. The van der Waals surface area contributed by atoms with Gasteiger partial charge in [0.05, 0.1) is 6.10 Å². The Morgan fingerprint density at radius 3 is 2.67 bits per heavy atom. The maximum Gasteiger partial charge on any atom is 0.303 e. The Labute approximate surface area is 162 Å². The molecule has 0 radical (unpaired) electrons. The lowest BCUT2D eigenvalue weighted by Gasteiger charge is -2.50. The highest BCUT2D eigenvalue weighted by molar-refractivity contribution is 5.66. The summed E-state index contributed by atoms with van der Waals surface area (Å²) >= 11 is 0. The smallest absolute Gasteiger partial charge is 0.303 e. The number of aromatic hydroxyl groups is 1. The summed E-state index contributed by atoms with van der Waals surface area (Å²) in [4.78, 5) is 9.76. The minimum atomic E-state index is -0.693. The first-order chi connectivity index (χ1) is 12.9. The molecular weight excluding hydrogens is 340 g/mol. The summed E-state index contributed by atoms with van der Waals surface area (Å²) in [7, 11) is 0. The van der Waals surface area contributed by atoms with Crippen LogP contribution in [-0.2, 0) is 11.2 Å². The summed E-state index contributed by atoms with van der Waals surface area (Å²) < 4.78 is 0. The van der Waals surface area contributed by atoms with Crippen molar-refractivity contribution in [3.05, 3.63) is 29.3 Å². The lowest BCUT2D eigenvalue weighted by atomic mass is 9.55. The Hall–Kier alpha value is -1.55. The van der Waals surface area contributed by atoms with E-state index in [0.717, 1.165) is 38.0 Å². The molecule has 2 saturated carbocycles. The summed E-state index contributed by atoms with van der Waals surface area (Å²) in [5, 5.41) is 28.1. The van der Waals surface area contributed by atoms with Crippen LogP contribution in [0.4, 0.5) is 0 Å². The van der Waals surface area contributed by atoms with Gasteiger partial charge in [0.1, 0.15) is 5.75 Å². The average molecular weight is 375 g/mol. The van der Waals surface area contributed by atoms with Gasteiger partial charge in [0.25, 0.3) is 0 Å². The van der Waals surface area contributed by atoms with Crippen LogP contribution < -0.4 is 0 Å². The number of fused-ring (bicyclic) bond motifs is 5. The highest BCUT2D eigenvalue weighted by atomic mass is 16.4. The van der Waals surface area contributed by atoms with E-state index in [1.54, 1.807) is 0 Å². The molecule has 0 heterocycles. The zero-order valence-corrected chi connectivity index (χ0v) is 16.7. The van der Waals surface area contributed by atoms with Gasteiger partial charge in [-0.15, -0.1) is 0 Å². The molecule has 0 aliphatic heterocycles. The van der Waals surface area contributed by atoms with E-state index in [4.69, 9.17) is 5.11 Å². The fourth-order valence-corrected chi connectivity index (χ4v) is 5.87. The fraction of sp³-hybridized carbons (Fsp3) is 0.696. The SMILES string of the molecule is CCCCC(=O)O.C[C@]12CC[C@@H]3c4ccc(O)cc4CC[C@H]3[C@@H]1CCC2O. The summed E-state index contributed by atoms with van der Waals surface area (Å²) in [5.41, 5.74) is 2.99. The third-order valence-corrected chi connectivity index (χ3v) is 7.40. The van der Waals surface area contributed by atoms with Gasteiger partial charge in [-0.3, -0.25) is 4.79 Å². The molecule has 5 atom stereocenters. The summed E-state index contributed by atoms with van der Waals surface area (Å²) in [6, 6.07) is 5.96. The van der Waals surface area contributed by atoms with Crippen molar-refractivity contribution in [2.45, 2.75) is 83.7 Å².